The van der Waals surface area contributed by atoms with Gasteiger partial charge in [0.1, 0.15) is 6.61 Å². The van der Waals surface area contributed by atoms with Gasteiger partial charge in [0.15, 0.2) is 5.96 Å². The number of esters is 1. The minimum atomic E-state index is -0.467. The predicted octanol–water partition coefficient (Wildman–Crippen LogP) is -0.332. The lowest BCUT2D eigenvalue weighted by atomic mass is 10.3. The fourth-order valence-corrected chi connectivity index (χ4v) is 1.17. The van der Waals surface area contributed by atoms with Crippen molar-refractivity contribution in [2.75, 3.05) is 26.2 Å². The molecule has 0 rings (SSSR count). The normalized spacial score (nSPS) is 9.45. The van der Waals surface area contributed by atoms with Crippen LogP contribution in [0.3, 0.4) is 0 Å². The Morgan fingerprint density at radius 1 is 1.15 bits per heavy atom. The van der Waals surface area contributed by atoms with Gasteiger partial charge in [-0.3, -0.25) is 5.41 Å². The average Bonchev–Trinajstić information content (AvgIpc) is 2.37. The standard InChI is InChI=1S/C12H23N5O3/c1-9(2)10(18)20-8-7-17-12(19)16-6-4-3-5-15-11(13)14/h1,3-8H2,2H3,(H4,13,14,15)(H2,16,17,19). The summed E-state index contributed by atoms with van der Waals surface area (Å²) >= 11 is 0. The van der Waals surface area contributed by atoms with Crippen LogP contribution in [0.15, 0.2) is 12.2 Å². The van der Waals surface area contributed by atoms with Gasteiger partial charge in [0.25, 0.3) is 0 Å². The topological polar surface area (TPSA) is 129 Å². The van der Waals surface area contributed by atoms with Crippen LogP contribution in [0.4, 0.5) is 4.79 Å². The van der Waals surface area contributed by atoms with Gasteiger partial charge in [-0.15, -0.1) is 0 Å². The van der Waals surface area contributed by atoms with Gasteiger partial charge in [0.2, 0.25) is 0 Å². The van der Waals surface area contributed by atoms with Gasteiger partial charge in [-0.25, -0.2) is 9.59 Å². The molecule has 0 unspecified atom stereocenters. The van der Waals surface area contributed by atoms with Gasteiger partial charge in [0, 0.05) is 18.7 Å². The van der Waals surface area contributed by atoms with Crippen molar-refractivity contribution in [3.63, 3.8) is 0 Å². The Kier molecular flexibility index (Phi) is 9.45. The van der Waals surface area contributed by atoms with Crippen molar-refractivity contribution < 1.29 is 14.3 Å². The molecule has 0 atom stereocenters. The molecule has 0 aromatic rings. The number of hydrogen-bond donors (Lipinski definition) is 5. The van der Waals surface area contributed by atoms with Crippen LogP contribution in [0, 0.1) is 5.41 Å². The molecular formula is C12H23N5O3. The van der Waals surface area contributed by atoms with Gasteiger partial charge in [-0.2, -0.15) is 0 Å². The molecule has 8 heteroatoms. The molecule has 0 aliphatic rings. The van der Waals surface area contributed by atoms with E-state index in [9.17, 15) is 9.59 Å². The Morgan fingerprint density at radius 3 is 2.25 bits per heavy atom. The monoisotopic (exact) mass is 285 g/mol. The second-order valence-corrected chi connectivity index (χ2v) is 4.15. The van der Waals surface area contributed by atoms with Crippen LogP contribution >= 0.6 is 0 Å². The Labute approximate surface area is 118 Å². The highest BCUT2D eigenvalue weighted by Gasteiger charge is 2.03. The molecule has 0 bridgehead atoms. The zero-order valence-electron chi connectivity index (χ0n) is 11.8. The van der Waals surface area contributed by atoms with Crippen molar-refractivity contribution in [1.82, 2.24) is 16.0 Å². The van der Waals surface area contributed by atoms with E-state index in [1.165, 1.54) is 0 Å². The third kappa shape index (κ3) is 10.9. The lowest BCUT2D eigenvalue weighted by Crippen LogP contribution is -2.38. The number of urea groups is 1. The molecule has 0 aromatic carbocycles. The molecule has 0 aliphatic heterocycles. The van der Waals surface area contributed by atoms with Crippen LogP contribution in [0.2, 0.25) is 0 Å². The predicted molar refractivity (Wildman–Crippen MR) is 76.3 cm³/mol. The van der Waals surface area contributed by atoms with Crippen molar-refractivity contribution in [2.45, 2.75) is 19.8 Å². The minimum absolute atomic E-state index is 0.0555. The summed E-state index contributed by atoms with van der Waals surface area (Å²) in [6, 6.07) is -0.309. The molecule has 20 heavy (non-hydrogen) atoms. The van der Waals surface area contributed by atoms with E-state index < -0.39 is 5.97 Å². The van der Waals surface area contributed by atoms with E-state index in [-0.39, 0.29) is 25.1 Å². The molecule has 0 saturated heterocycles. The number of carbonyl (C=O) groups excluding carboxylic acids is 2. The first-order valence-electron chi connectivity index (χ1n) is 6.35. The van der Waals surface area contributed by atoms with Crippen molar-refractivity contribution in [3.05, 3.63) is 12.2 Å². The molecule has 8 nitrogen and oxygen atoms in total. The zero-order valence-corrected chi connectivity index (χ0v) is 11.8. The summed E-state index contributed by atoms with van der Waals surface area (Å²) in [7, 11) is 0. The molecule has 114 valence electrons. The second-order valence-electron chi connectivity index (χ2n) is 4.15. The Bertz CT molecular complexity index is 357. The van der Waals surface area contributed by atoms with E-state index in [4.69, 9.17) is 15.9 Å². The number of hydrogen-bond acceptors (Lipinski definition) is 4. The van der Waals surface area contributed by atoms with Gasteiger partial charge >= 0.3 is 12.0 Å². The van der Waals surface area contributed by atoms with Crippen LogP contribution in [-0.2, 0) is 9.53 Å². The molecule has 0 fully saturated rings. The largest absolute Gasteiger partial charge is 0.460 e. The number of ether oxygens (including phenoxy) is 1. The third-order valence-electron chi connectivity index (χ3n) is 2.17. The van der Waals surface area contributed by atoms with Crippen molar-refractivity contribution in [3.8, 4) is 0 Å². The van der Waals surface area contributed by atoms with Crippen molar-refractivity contribution in [1.29, 1.82) is 5.41 Å². The summed E-state index contributed by atoms with van der Waals surface area (Å²) in [5.41, 5.74) is 5.44. The first kappa shape index (κ1) is 17.8. The molecule has 0 heterocycles. The number of amides is 2. The molecule has 0 saturated carbocycles. The number of unbranched alkanes of at least 4 members (excludes halogenated alkanes) is 1. The SMILES string of the molecule is C=C(C)C(=O)OCCNC(=O)NCCCCNC(=N)N. The molecular weight excluding hydrogens is 262 g/mol. The molecule has 0 spiro atoms. The van der Waals surface area contributed by atoms with Gasteiger partial charge in [-0.05, 0) is 19.8 Å². The highest BCUT2D eigenvalue weighted by Crippen LogP contribution is 1.90. The highest BCUT2D eigenvalue weighted by atomic mass is 16.5. The molecule has 2 amide bonds. The number of nitrogens with one attached hydrogen (secondary N) is 4. The number of rotatable bonds is 9. The summed E-state index contributed by atoms with van der Waals surface area (Å²) in [6.45, 7) is 6.49. The van der Waals surface area contributed by atoms with Crippen LogP contribution in [-0.4, -0.2) is 44.2 Å². The maximum atomic E-state index is 11.3. The number of guanidine groups is 1. The van der Waals surface area contributed by atoms with E-state index in [0.29, 0.717) is 18.7 Å². The highest BCUT2D eigenvalue weighted by molar-refractivity contribution is 5.86. The van der Waals surface area contributed by atoms with E-state index in [1.54, 1.807) is 6.92 Å². The van der Waals surface area contributed by atoms with Crippen LogP contribution < -0.4 is 21.7 Å². The molecule has 0 aliphatic carbocycles. The lowest BCUT2D eigenvalue weighted by molar-refractivity contribution is -0.138. The van der Waals surface area contributed by atoms with Gasteiger partial charge in [0.05, 0.1) is 6.54 Å². The number of nitrogens with two attached hydrogens (primary N) is 1. The Morgan fingerprint density at radius 2 is 1.70 bits per heavy atom. The maximum Gasteiger partial charge on any atom is 0.333 e. The fourth-order valence-electron chi connectivity index (χ4n) is 1.17. The maximum absolute atomic E-state index is 11.3. The van der Waals surface area contributed by atoms with Gasteiger partial charge in [-0.1, -0.05) is 6.58 Å². The van der Waals surface area contributed by atoms with Crippen LogP contribution in [0.5, 0.6) is 0 Å². The lowest BCUT2D eigenvalue weighted by Gasteiger charge is -2.08. The van der Waals surface area contributed by atoms with E-state index in [1.807, 2.05) is 0 Å². The van der Waals surface area contributed by atoms with E-state index >= 15 is 0 Å². The van der Waals surface area contributed by atoms with Crippen molar-refractivity contribution >= 4 is 18.0 Å². The molecule has 6 N–H and O–H groups in total. The summed E-state index contributed by atoms with van der Waals surface area (Å²) in [4.78, 5) is 22.3. The third-order valence-corrected chi connectivity index (χ3v) is 2.17. The fraction of sp³-hybridized carbons (Fsp3) is 0.583. The zero-order chi connectivity index (χ0) is 15.4. The Hall–Kier alpha value is -2.25. The Balaban J connectivity index is 3.39. The average molecular weight is 285 g/mol. The summed E-state index contributed by atoms with van der Waals surface area (Å²) in [6.07, 6.45) is 1.58. The van der Waals surface area contributed by atoms with E-state index in [2.05, 4.69) is 22.5 Å². The quantitative estimate of drug-likeness (QED) is 0.130. The summed E-state index contributed by atoms with van der Waals surface area (Å²) < 4.78 is 4.81. The smallest absolute Gasteiger partial charge is 0.333 e. The second kappa shape index (κ2) is 10.7. The van der Waals surface area contributed by atoms with Crippen LogP contribution in [0.1, 0.15) is 19.8 Å². The van der Waals surface area contributed by atoms with Crippen molar-refractivity contribution in [2.24, 2.45) is 5.73 Å². The first-order chi connectivity index (χ1) is 9.43. The minimum Gasteiger partial charge on any atom is -0.460 e. The van der Waals surface area contributed by atoms with Gasteiger partial charge < -0.3 is 26.4 Å². The molecule has 0 radical (unpaired) electrons. The molecule has 0 aromatic heterocycles. The van der Waals surface area contributed by atoms with Crippen LogP contribution in [0.25, 0.3) is 0 Å². The first-order valence-corrected chi connectivity index (χ1v) is 6.35. The summed E-state index contributed by atoms with van der Waals surface area (Å²) in [5.74, 6) is -0.523. The summed E-state index contributed by atoms with van der Waals surface area (Å²) in [5, 5.41) is 14.8. The van der Waals surface area contributed by atoms with E-state index in [0.717, 1.165) is 12.8 Å². The number of carbonyl (C=O) groups is 2.